The maximum Gasteiger partial charge on any atom is 0.335 e. The maximum absolute atomic E-state index is 11.2. The van der Waals surface area contributed by atoms with E-state index >= 15 is 0 Å². The molecule has 2 aliphatic rings. The second kappa shape index (κ2) is 6.71. The van der Waals surface area contributed by atoms with Gasteiger partial charge in [0.25, 0.3) is 0 Å². The first-order chi connectivity index (χ1) is 11.0. The Morgan fingerprint density at radius 3 is 2.43 bits per heavy atom. The van der Waals surface area contributed by atoms with Crippen LogP contribution >= 0.6 is 0 Å². The van der Waals surface area contributed by atoms with Crippen LogP contribution in [0.3, 0.4) is 0 Å². The third-order valence-corrected chi connectivity index (χ3v) is 5.44. The lowest BCUT2D eigenvalue weighted by molar-refractivity contribution is -0.141. The van der Waals surface area contributed by atoms with Crippen LogP contribution in [0.4, 0.5) is 0 Å². The van der Waals surface area contributed by atoms with Crippen molar-refractivity contribution in [3.05, 3.63) is 35.4 Å². The van der Waals surface area contributed by atoms with Crippen molar-refractivity contribution in [2.45, 2.75) is 38.1 Å². The van der Waals surface area contributed by atoms with E-state index in [1.165, 1.54) is 12.0 Å². The van der Waals surface area contributed by atoms with Crippen molar-refractivity contribution in [1.29, 1.82) is 0 Å². The summed E-state index contributed by atoms with van der Waals surface area (Å²) in [7, 11) is 0. The van der Waals surface area contributed by atoms with Gasteiger partial charge in [-0.25, -0.2) is 4.79 Å². The fraction of sp³-hybridized carbons (Fsp3) is 0.556. The summed E-state index contributed by atoms with van der Waals surface area (Å²) in [4.78, 5) is 22.1. The van der Waals surface area contributed by atoms with Gasteiger partial charge in [-0.1, -0.05) is 12.1 Å². The molecule has 4 atom stereocenters. The van der Waals surface area contributed by atoms with Crippen LogP contribution in [0.15, 0.2) is 24.3 Å². The molecule has 3 rings (SSSR count). The molecule has 1 aliphatic heterocycles. The third kappa shape index (κ3) is 3.72. The number of carbonyl (C=O) groups is 2. The molecule has 0 spiro atoms. The van der Waals surface area contributed by atoms with Crippen LogP contribution in [-0.4, -0.2) is 34.7 Å². The molecular formula is C18H23NO4. The van der Waals surface area contributed by atoms with E-state index in [-0.39, 0.29) is 0 Å². The number of nitrogens with one attached hydrogen (secondary N) is 1. The summed E-state index contributed by atoms with van der Waals surface area (Å²) in [6, 6.07) is 6.73. The molecule has 23 heavy (non-hydrogen) atoms. The topological polar surface area (TPSA) is 86.6 Å². The number of piperidine rings is 1. The van der Waals surface area contributed by atoms with Crippen molar-refractivity contribution in [1.82, 2.24) is 5.32 Å². The van der Waals surface area contributed by atoms with Gasteiger partial charge in [-0.3, -0.25) is 4.79 Å². The lowest BCUT2D eigenvalue weighted by atomic mass is 9.68. The number of benzene rings is 1. The van der Waals surface area contributed by atoms with Crippen LogP contribution in [0.2, 0.25) is 0 Å². The van der Waals surface area contributed by atoms with Gasteiger partial charge in [0.15, 0.2) is 0 Å². The predicted octanol–water partition coefficient (Wildman–Crippen LogP) is 2.41. The molecule has 124 valence electrons. The number of aromatic carboxylic acids is 1. The Bertz CT molecular complexity index is 583. The van der Waals surface area contributed by atoms with Crippen LogP contribution in [0.25, 0.3) is 0 Å². The number of fused-ring (bicyclic) bond motifs is 1. The smallest absolute Gasteiger partial charge is 0.335 e. The van der Waals surface area contributed by atoms with E-state index in [0.717, 1.165) is 32.2 Å². The summed E-state index contributed by atoms with van der Waals surface area (Å²) in [5.74, 6) is 0.0337. The monoisotopic (exact) mass is 317 g/mol. The highest BCUT2D eigenvalue weighted by Gasteiger charge is 2.37. The van der Waals surface area contributed by atoms with E-state index in [1.54, 1.807) is 12.1 Å². The van der Waals surface area contributed by atoms with E-state index in [9.17, 15) is 14.7 Å². The fourth-order valence-electron chi connectivity index (χ4n) is 4.15. The lowest BCUT2D eigenvalue weighted by Crippen LogP contribution is -2.49. The molecule has 1 aromatic rings. The van der Waals surface area contributed by atoms with Gasteiger partial charge < -0.3 is 15.5 Å². The van der Waals surface area contributed by atoms with Gasteiger partial charge in [-0.05, 0) is 74.1 Å². The van der Waals surface area contributed by atoms with Crippen LogP contribution in [-0.2, 0) is 11.2 Å². The molecule has 0 radical (unpaired) electrons. The normalized spacial score (nSPS) is 30.4. The second-order valence-electron chi connectivity index (χ2n) is 6.94. The van der Waals surface area contributed by atoms with Crippen molar-refractivity contribution < 1.29 is 19.8 Å². The first-order valence-corrected chi connectivity index (χ1v) is 8.31. The summed E-state index contributed by atoms with van der Waals surface area (Å²) in [5.41, 5.74) is 1.49. The first kappa shape index (κ1) is 16.0. The van der Waals surface area contributed by atoms with E-state index in [0.29, 0.717) is 23.3 Å². The van der Waals surface area contributed by atoms with Gasteiger partial charge in [0.1, 0.15) is 6.04 Å². The molecule has 5 nitrogen and oxygen atoms in total. The van der Waals surface area contributed by atoms with E-state index in [4.69, 9.17) is 5.11 Å². The molecule has 0 bridgehead atoms. The van der Waals surface area contributed by atoms with Gasteiger partial charge in [-0.15, -0.1) is 0 Å². The zero-order chi connectivity index (χ0) is 16.4. The average molecular weight is 317 g/mol. The van der Waals surface area contributed by atoms with Crippen molar-refractivity contribution in [3.63, 3.8) is 0 Å². The third-order valence-electron chi connectivity index (χ3n) is 5.44. The van der Waals surface area contributed by atoms with E-state index in [2.05, 4.69) is 5.32 Å². The molecule has 1 heterocycles. The number of carboxylic acids is 2. The largest absolute Gasteiger partial charge is 0.480 e. The minimum atomic E-state index is -0.897. The SMILES string of the molecule is O=C(O)c1ccc(C[C@H]2CCC3CN[C@H](C(=O)O)CC3C2)cc1. The van der Waals surface area contributed by atoms with Gasteiger partial charge in [0.2, 0.25) is 0 Å². The predicted molar refractivity (Wildman–Crippen MR) is 85.5 cm³/mol. The molecule has 1 saturated heterocycles. The van der Waals surface area contributed by atoms with Gasteiger partial charge in [0, 0.05) is 0 Å². The minimum Gasteiger partial charge on any atom is -0.480 e. The zero-order valence-corrected chi connectivity index (χ0v) is 13.1. The average Bonchev–Trinajstić information content (AvgIpc) is 2.54. The highest BCUT2D eigenvalue weighted by molar-refractivity contribution is 5.87. The summed E-state index contributed by atoms with van der Waals surface area (Å²) in [6.07, 6.45) is 5.09. The fourth-order valence-corrected chi connectivity index (χ4v) is 4.15. The van der Waals surface area contributed by atoms with Gasteiger partial charge >= 0.3 is 11.9 Å². The molecule has 2 fully saturated rings. The van der Waals surface area contributed by atoms with Crippen LogP contribution in [0.5, 0.6) is 0 Å². The van der Waals surface area contributed by atoms with E-state index < -0.39 is 18.0 Å². The first-order valence-electron chi connectivity index (χ1n) is 8.31. The maximum atomic E-state index is 11.2. The van der Waals surface area contributed by atoms with Crippen molar-refractivity contribution in [3.8, 4) is 0 Å². The summed E-state index contributed by atoms with van der Waals surface area (Å²) in [5, 5.41) is 21.3. The molecule has 5 heteroatoms. The number of aliphatic carboxylic acids is 1. The summed E-state index contributed by atoms with van der Waals surface area (Å²) >= 11 is 0. The standard InChI is InChI=1S/C18H23NO4/c20-17(21)13-4-1-11(2-5-13)7-12-3-6-14-10-19-16(18(22)23)9-15(14)8-12/h1-2,4-5,12,14-16,19H,3,6-10H2,(H,20,21)(H,22,23)/t12-,14?,15?,16+/m1/s1. The van der Waals surface area contributed by atoms with Crippen LogP contribution < -0.4 is 5.32 Å². The van der Waals surface area contributed by atoms with Crippen molar-refractivity contribution >= 4 is 11.9 Å². The quantitative estimate of drug-likeness (QED) is 0.794. The van der Waals surface area contributed by atoms with Crippen molar-refractivity contribution in [2.75, 3.05) is 6.54 Å². The summed E-state index contributed by atoms with van der Waals surface area (Å²) in [6.45, 7) is 0.821. The molecule has 1 saturated carbocycles. The highest BCUT2D eigenvalue weighted by atomic mass is 16.4. The van der Waals surface area contributed by atoms with Crippen molar-refractivity contribution in [2.24, 2.45) is 17.8 Å². The van der Waals surface area contributed by atoms with Crippen LogP contribution in [0, 0.1) is 17.8 Å². The Labute approximate surface area is 135 Å². The Morgan fingerprint density at radius 2 is 1.78 bits per heavy atom. The molecule has 1 aromatic carbocycles. The Balaban J connectivity index is 1.59. The second-order valence-corrected chi connectivity index (χ2v) is 6.94. The molecule has 0 amide bonds. The van der Waals surface area contributed by atoms with Crippen LogP contribution in [0.1, 0.15) is 41.6 Å². The molecule has 2 unspecified atom stereocenters. The Kier molecular flexibility index (Phi) is 4.66. The molecule has 3 N–H and O–H groups in total. The number of hydrogen-bond acceptors (Lipinski definition) is 3. The molecule has 1 aliphatic carbocycles. The summed E-state index contributed by atoms with van der Waals surface area (Å²) < 4.78 is 0. The Hall–Kier alpha value is -1.88. The van der Waals surface area contributed by atoms with Gasteiger partial charge in [0.05, 0.1) is 5.56 Å². The zero-order valence-electron chi connectivity index (χ0n) is 13.1. The van der Waals surface area contributed by atoms with Gasteiger partial charge in [-0.2, -0.15) is 0 Å². The number of hydrogen-bond donors (Lipinski definition) is 3. The van der Waals surface area contributed by atoms with E-state index in [1.807, 2.05) is 12.1 Å². The number of rotatable bonds is 4. The number of carboxylic acid groups (broad SMARTS) is 2. The lowest BCUT2D eigenvalue weighted by Gasteiger charge is -2.41. The molecule has 0 aromatic heterocycles. The highest BCUT2D eigenvalue weighted by Crippen LogP contribution is 2.39. The minimum absolute atomic E-state index is 0.320. The molecular weight excluding hydrogens is 294 g/mol. The Morgan fingerprint density at radius 1 is 1.04 bits per heavy atom.